The van der Waals surface area contributed by atoms with Crippen LogP contribution in [-0.4, -0.2) is 17.2 Å². The first-order valence-corrected chi connectivity index (χ1v) is 5.74. The lowest BCUT2D eigenvalue weighted by Gasteiger charge is -2.13. The lowest BCUT2D eigenvalue weighted by Crippen LogP contribution is -2.11. The summed E-state index contributed by atoms with van der Waals surface area (Å²) in [5.41, 5.74) is -3.72. The molecule has 5 heteroatoms. The number of halogens is 3. The largest absolute Gasteiger partial charge is 0.446 e. The van der Waals surface area contributed by atoms with Gasteiger partial charge >= 0.3 is 5.51 Å². The molecule has 1 aliphatic rings. The molecule has 0 saturated heterocycles. The molecule has 1 saturated carbocycles. The Balaban J connectivity index is 2.20. The van der Waals surface area contributed by atoms with Gasteiger partial charge in [-0.25, -0.2) is 0 Å². The first kappa shape index (κ1) is 11.8. The zero-order valence-corrected chi connectivity index (χ0v) is 9.24. The van der Waals surface area contributed by atoms with E-state index < -0.39 is 5.51 Å². The van der Waals surface area contributed by atoms with Crippen molar-refractivity contribution in [1.29, 1.82) is 0 Å². The average Bonchev–Trinajstić information content (AvgIpc) is 2.96. The zero-order chi connectivity index (χ0) is 11.8. The van der Waals surface area contributed by atoms with Gasteiger partial charge in [-0.15, -0.1) is 0 Å². The van der Waals surface area contributed by atoms with Gasteiger partial charge in [0.1, 0.15) is 0 Å². The molecule has 1 aromatic rings. The summed E-state index contributed by atoms with van der Waals surface area (Å²) in [5, 5.41) is 9.20. The van der Waals surface area contributed by atoms with Crippen LogP contribution in [-0.2, 0) is 5.41 Å². The number of rotatable bonds is 3. The first-order valence-electron chi connectivity index (χ1n) is 4.92. The molecule has 1 nitrogen and oxygen atoms in total. The van der Waals surface area contributed by atoms with Crippen molar-refractivity contribution in [1.82, 2.24) is 0 Å². The van der Waals surface area contributed by atoms with Gasteiger partial charge in [-0.05, 0) is 42.3 Å². The third kappa shape index (κ3) is 2.52. The van der Waals surface area contributed by atoms with E-state index in [-0.39, 0.29) is 28.7 Å². The van der Waals surface area contributed by atoms with E-state index in [4.69, 9.17) is 0 Å². The standard InChI is InChI=1S/C11H11F3OS/c12-11(13,14)16-9-3-1-2-8(6-9)10(7-15)4-5-10/h1-3,6,15H,4-5,7H2. The molecule has 0 aliphatic heterocycles. The summed E-state index contributed by atoms with van der Waals surface area (Å²) in [6.07, 6.45) is 1.70. The van der Waals surface area contributed by atoms with E-state index in [1.807, 2.05) is 0 Å². The molecule has 1 fully saturated rings. The fourth-order valence-corrected chi connectivity index (χ4v) is 2.31. The maximum Gasteiger partial charge on any atom is 0.446 e. The topological polar surface area (TPSA) is 20.2 Å². The van der Waals surface area contributed by atoms with Crippen LogP contribution in [0.3, 0.4) is 0 Å². The second kappa shape index (κ2) is 3.96. The van der Waals surface area contributed by atoms with Gasteiger partial charge in [-0.3, -0.25) is 0 Å². The average molecular weight is 248 g/mol. The van der Waals surface area contributed by atoms with Crippen molar-refractivity contribution >= 4 is 11.8 Å². The van der Waals surface area contributed by atoms with E-state index in [0.29, 0.717) is 0 Å². The van der Waals surface area contributed by atoms with E-state index in [1.165, 1.54) is 12.1 Å². The fraction of sp³-hybridized carbons (Fsp3) is 0.455. The highest BCUT2D eigenvalue weighted by molar-refractivity contribution is 8.00. The third-order valence-corrected chi connectivity index (χ3v) is 3.56. The Labute approximate surface area is 95.7 Å². The first-order chi connectivity index (χ1) is 7.45. The van der Waals surface area contributed by atoms with Crippen molar-refractivity contribution in [3.05, 3.63) is 29.8 Å². The van der Waals surface area contributed by atoms with Crippen molar-refractivity contribution in [2.45, 2.75) is 28.7 Å². The second-order valence-electron chi connectivity index (χ2n) is 4.01. The Morgan fingerprint density at radius 1 is 1.31 bits per heavy atom. The molecular weight excluding hydrogens is 237 g/mol. The van der Waals surface area contributed by atoms with Gasteiger partial charge in [0.15, 0.2) is 0 Å². The molecule has 0 atom stereocenters. The van der Waals surface area contributed by atoms with E-state index >= 15 is 0 Å². The van der Waals surface area contributed by atoms with Gasteiger partial charge in [0.2, 0.25) is 0 Å². The van der Waals surface area contributed by atoms with E-state index in [1.54, 1.807) is 12.1 Å². The normalized spacial score (nSPS) is 18.5. The number of alkyl halides is 3. The predicted molar refractivity (Wildman–Crippen MR) is 56.4 cm³/mol. The molecule has 1 aromatic carbocycles. The predicted octanol–water partition coefficient (Wildman–Crippen LogP) is 3.32. The summed E-state index contributed by atoms with van der Waals surface area (Å²) in [6.45, 7) is 0.00708. The lowest BCUT2D eigenvalue weighted by atomic mass is 9.97. The molecular formula is C11H11F3OS. The van der Waals surface area contributed by atoms with Crippen LogP contribution in [0.15, 0.2) is 29.2 Å². The SMILES string of the molecule is OCC1(c2cccc(SC(F)(F)F)c2)CC1. The van der Waals surface area contributed by atoms with Crippen LogP contribution in [0, 0.1) is 0 Å². The molecule has 1 N–H and O–H groups in total. The Morgan fingerprint density at radius 3 is 2.50 bits per heavy atom. The van der Waals surface area contributed by atoms with Gasteiger partial charge in [-0.1, -0.05) is 12.1 Å². The molecule has 0 heterocycles. The Morgan fingerprint density at radius 2 is 2.00 bits per heavy atom. The highest BCUT2D eigenvalue weighted by Crippen LogP contribution is 2.48. The number of aliphatic hydroxyl groups is 1. The Bertz CT molecular complexity index is 385. The van der Waals surface area contributed by atoms with Gasteiger partial charge in [0.25, 0.3) is 0 Å². The minimum atomic E-state index is -4.26. The third-order valence-electron chi connectivity index (χ3n) is 2.84. The zero-order valence-electron chi connectivity index (χ0n) is 8.42. The van der Waals surface area contributed by atoms with Crippen LogP contribution in [0.4, 0.5) is 13.2 Å². The number of aliphatic hydroxyl groups excluding tert-OH is 1. The van der Waals surface area contributed by atoms with Gasteiger partial charge in [0.05, 0.1) is 6.61 Å². The molecule has 2 rings (SSSR count). The van der Waals surface area contributed by atoms with E-state index in [0.717, 1.165) is 18.4 Å². The molecule has 0 radical (unpaired) electrons. The van der Waals surface area contributed by atoms with Crippen LogP contribution in [0.25, 0.3) is 0 Å². The lowest BCUT2D eigenvalue weighted by molar-refractivity contribution is -0.0328. The number of hydrogen-bond donors (Lipinski definition) is 1. The van der Waals surface area contributed by atoms with Crippen LogP contribution < -0.4 is 0 Å². The van der Waals surface area contributed by atoms with Crippen molar-refractivity contribution < 1.29 is 18.3 Å². The molecule has 0 unspecified atom stereocenters. The van der Waals surface area contributed by atoms with Crippen LogP contribution in [0.5, 0.6) is 0 Å². The molecule has 0 bridgehead atoms. The molecule has 16 heavy (non-hydrogen) atoms. The monoisotopic (exact) mass is 248 g/mol. The van der Waals surface area contributed by atoms with Crippen molar-refractivity contribution in [3.63, 3.8) is 0 Å². The molecule has 88 valence electrons. The second-order valence-corrected chi connectivity index (χ2v) is 5.15. The van der Waals surface area contributed by atoms with Crippen LogP contribution in [0.1, 0.15) is 18.4 Å². The van der Waals surface area contributed by atoms with Gasteiger partial charge < -0.3 is 5.11 Å². The molecule has 1 aliphatic carbocycles. The summed E-state index contributed by atoms with van der Waals surface area (Å²) >= 11 is -0.112. The highest BCUT2D eigenvalue weighted by Gasteiger charge is 2.43. The quantitative estimate of drug-likeness (QED) is 0.828. The minimum absolute atomic E-state index is 0.00708. The number of benzene rings is 1. The highest BCUT2D eigenvalue weighted by atomic mass is 32.2. The van der Waals surface area contributed by atoms with Gasteiger partial charge in [-0.2, -0.15) is 13.2 Å². The smallest absolute Gasteiger partial charge is 0.395 e. The maximum atomic E-state index is 12.2. The summed E-state index contributed by atoms with van der Waals surface area (Å²) in [4.78, 5) is 0.185. The van der Waals surface area contributed by atoms with Crippen molar-refractivity contribution in [3.8, 4) is 0 Å². The fourth-order valence-electron chi connectivity index (χ4n) is 1.71. The van der Waals surface area contributed by atoms with Gasteiger partial charge in [0, 0.05) is 10.3 Å². The van der Waals surface area contributed by atoms with E-state index in [9.17, 15) is 18.3 Å². The molecule has 0 amide bonds. The van der Waals surface area contributed by atoms with E-state index in [2.05, 4.69) is 0 Å². The minimum Gasteiger partial charge on any atom is -0.395 e. The molecule has 0 aromatic heterocycles. The molecule has 0 spiro atoms. The number of thioether (sulfide) groups is 1. The van der Waals surface area contributed by atoms with Crippen LogP contribution >= 0.6 is 11.8 Å². The Kier molecular flexibility index (Phi) is 2.92. The Hall–Kier alpha value is -0.680. The van der Waals surface area contributed by atoms with Crippen molar-refractivity contribution in [2.75, 3.05) is 6.61 Å². The summed E-state index contributed by atoms with van der Waals surface area (Å²) in [6, 6.07) is 6.36. The summed E-state index contributed by atoms with van der Waals surface area (Å²) in [7, 11) is 0. The number of hydrogen-bond acceptors (Lipinski definition) is 2. The van der Waals surface area contributed by atoms with Crippen molar-refractivity contribution in [2.24, 2.45) is 0 Å². The maximum absolute atomic E-state index is 12.2. The summed E-state index contributed by atoms with van der Waals surface area (Å²) in [5.74, 6) is 0. The summed E-state index contributed by atoms with van der Waals surface area (Å²) < 4.78 is 36.5. The van der Waals surface area contributed by atoms with Crippen LogP contribution in [0.2, 0.25) is 0 Å².